The molecule has 0 spiro atoms. The van der Waals surface area contributed by atoms with Crippen LogP contribution in [-0.4, -0.2) is 9.38 Å². The van der Waals surface area contributed by atoms with Gasteiger partial charge in [0.1, 0.15) is 0 Å². The molecule has 0 radical (unpaired) electrons. The Morgan fingerprint density at radius 1 is 1.53 bits per heavy atom. The van der Waals surface area contributed by atoms with E-state index in [0.29, 0.717) is 5.28 Å². The van der Waals surface area contributed by atoms with Crippen LogP contribution in [0.2, 0.25) is 5.28 Å². The SMILES string of the molecule is Cc1nc(Cl)n2ccc(C3(N)CC3)cc12. The van der Waals surface area contributed by atoms with Gasteiger partial charge in [0.25, 0.3) is 0 Å². The lowest BCUT2D eigenvalue weighted by molar-refractivity contribution is 0.739. The van der Waals surface area contributed by atoms with Crippen LogP contribution in [-0.2, 0) is 5.54 Å². The van der Waals surface area contributed by atoms with Crippen LogP contribution in [0.5, 0.6) is 0 Å². The van der Waals surface area contributed by atoms with E-state index in [0.717, 1.165) is 24.1 Å². The van der Waals surface area contributed by atoms with Crippen molar-refractivity contribution in [2.24, 2.45) is 5.73 Å². The Hall–Kier alpha value is -1.06. The minimum Gasteiger partial charge on any atom is -0.321 e. The molecule has 2 aromatic rings. The topological polar surface area (TPSA) is 43.3 Å². The molecule has 2 N–H and O–H groups in total. The van der Waals surface area contributed by atoms with Crippen molar-refractivity contribution in [3.8, 4) is 0 Å². The van der Waals surface area contributed by atoms with Gasteiger partial charge in [-0.3, -0.25) is 4.40 Å². The van der Waals surface area contributed by atoms with E-state index in [9.17, 15) is 0 Å². The summed E-state index contributed by atoms with van der Waals surface area (Å²) in [7, 11) is 0. The number of hydrogen-bond donors (Lipinski definition) is 1. The zero-order valence-corrected chi connectivity index (χ0v) is 9.25. The Bertz CT molecular complexity index is 540. The molecule has 1 saturated carbocycles. The molecule has 3 nitrogen and oxygen atoms in total. The third-order valence-corrected chi connectivity index (χ3v) is 3.41. The van der Waals surface area contributed by atoms with E-state index >= 15 is 0 Å². The largest absolute Gasteiger partial charge is 0.321 e. The van der Waals surface area contributed by atoms with E-state index < -0.39 is 0 Å². The molecule has 0 atom stereocenters. The molecule has 78 valence electrons. The first-order valence-corrected chi connectivity index (χ1v) is 5.41. The summed E-state index contributed by atoms with van der Waals surface area (Å²) in [5.74, 6) is 0. The zero-order chi connectivity index (χ0) is 10.6. The normalized spacial score (nSPS) is 18.3. The third kappa shape index (κ3) is 1.27. The number of nitrogens with two attached hydrogens (primary N) is 1. The number of hydrogen-bond acceptors (Lipinski definition) is 2. The highest BCUT2D eigenvalue weighted by atomic mass is 35.5. The fourth-order valence-electron chi connectivity index (χ4n) is 1.92. The van der Waals surface area contributed by atoms with Crippen molar-refractivity contribution in [3.05, 3.63) is 34.9 Å². The fourth-order valence-corrected chi connectivity index (χ4v) is 2.20. The predicted molar refractivity (Wildman–Crippen MR) is 60.0 cm³/mol. The average Bonchev–Trinajstić information content (AvgIpc) is 2.90. The third-order valence-electron chi connectivity index (χ3n) is 3.15. The van der Waals surface area contributed by atoms with Gasteiger partial charge < -0.3 is 5.73 Å². The van der Waals surface area contributed by atoms with Crippen LogP contribution >= 0.6 is 11.6 Å². The maximum atomic E-state index is 6.15. The van der Waals surface area contributed by atoms with Gasteiger partial charge in [0, 0.05) is 11.7 Å². The van der Waals surface area contributed by atoms with Crippen LogP contribution in [0.4, 0.5) is 0 Å². The van der Waals surface area contributed by atoms with Crippen LogP contribution in [0.3, 0.4) is 0 Å². The molecule has 1 aliphatic carbocycles. The van der Waals surface area contributed by atoms with Crippen molar-refractivity contribution >= 4 is 17.1 Å². The Balaban J connectivity index is 2.25. The average molecular weight is 222 g/mol. The van der Waals surface area contributed by atoms with Gasteiger partial charge in [-0.2, -0.15) is 0 Å². The van der Waals surface area contributed by atoms with Crippen LogP contribution in [0.15, 0.2) is 18.3 Å². The van der Waals surface area contributed by atoms with E-state index in [4.69, 9.17) is 17.3 Å². The first kappa shape index (κ1) is 9.19. The smallest absolute Gasteiger partial charge is 0.207 e. The molecule has 2 heterocycles. The molecule has 0 bridgehead atoms. The lowest BCUT2D eigenvalue weighted by atomic mass is 10.1. The fraction of sp³-hybridized carbons (Fsp3) is 0.364. The molecule has 0 aromatic carbocycles. The van der Waals surface area contributed by atoms with Crippen molar-refractivity contribution in [1.29, 1.82) is 0 Å². The van der Waals surface area contributed by atoms with E-state index in [1.807, 2.05) is 23.6 Å². The van der Waals surface area contributed by atoms with Gasteiger partial charge in [-0.15, -0.1) is 0 Å². The van der Waals surface area contributed by atoms with E-state index in [1.54, 1.807) is 0 Å². The van der Waals surface area contributed by atoms with Crippen molar-refractivity contribution in [2.75, 3.05) is 0 Å². The molecule has 0 aliphatic heterocycles. The van der Waals surface area contributed by atoms with Gasteiger partial charge in [0.2, 0.25) is 5.28 Å². The van der Waals surface area contributed by atoms with Gasteiger partial charge >= 0.3 is 0 Å². The summed E-state index contributed by atoms with van der Waals surface area (Å²) in [5.41, 5.74) is 9.25. The first-order valence-electron chi connectivity index (χ1n) is 5.04. The van der Waals surface area contributed by atoms with E-state index in [-0.39, 0.29) is 5.54 Å². The summed E-state index contributed by atoms with van der Waals surface area (Å²) in [6, 6.07) is 4.13. The standard InChI is InChI=1S/C11H12ClN3/c1-7-9-6-8(11(13)3-4-11)2-5-15(9)10(12)14-7/h2,5-6H,3-4,13H2,1H3. The van der Waals surface area contributed by atoms with Gasteiger partial charge in [-0.25, -0.2) is 4.98 Å². The molecular weight excluding hydrogens is 210 g/mol. The Morgan fingerprint density at radius 3 is 2.93 bits per heavy atom. The molecule has 2 aromatic heterocycles. The second-order valence-electron chi connectivity index (χ2n) is 4.29. The number of pyridine rings is 1. The maximum Gasteiger partial charge on any atom is 0.207 e. The zero-order valence-electron chi connectivity index (χ0n) is 8.50. The second-order valence-corrected chi connectivity index (χ2v) is 4.63. The molecule has 0 amide bonds. The minimum atomic E-state index is -0.0923. The maximum absolute atomic E-state index is 6.15. The Kier molecular flexibility index (Phi) is 1.68. The monoisotopic (exact) mass is 221 g/mol. The quantitative estimate of drug-likeness (QED) is 0.803. The summed E-state index contributed by atoms with van der Waals surface area (Å²) < 4.78 is 1.88. The highest BCUT2D eigenvalue weighted by Crippen LogP contribution is 2.43. The molecule has 0 unspecified atom stereocenters. The summed E-state index contributed by atoms with van der Waals surface area (Å²) in [5, 5.41) is 0.510. The number of aryl methyl sites for hydroxylation is 1. The highest BCUT2D eigenvalue weighted by Gasteiger charge is 2.40. The predicted octanol–water partition coefficient (Wildman–Crippen LogP) is 2.24. The lowest BCUT2D eigenvalue weighted by Crippen LogP contribution is -2.18. The van der Waals surface area contributed by atoms with E-state index in [2.05, 4.69) is 11.1 Å². The summed E-state index contributed by atoms with van der Waals surface area (Å²) in [4.78, 5) is 4.22. The van der Waals surface area contributed by atoms with Gasteiger partial charge in [0.05, 0.1) is 11.2 Å². The molecule has 4 heteroatoms. The van der Waals surface area contributed by atoms with Crippen LogP contribution in [0.1, 0.15) is 24.1 Å². The van der Waals surface area contributed by atoms with Crippen molar-refractivity contribution in [1.82, 2.24) is 9.38 Å². The minimum absolute atomic E-state index is 0.0923. The molecular formula is C11H12ClN3. The van der Waals surface area contributed by atoms with Crippen molar-refractivity contribution in [3.63, 3.8) is 0 Å². The number of halogens is 1. The number of imidazole rings is 1. The number of fused-ring (bicyclic) bond motifs is 1. The molecule has 0 saturated heterocycles. The van der Waals surface area contributed by atoms with Gasteiger partial charge in [-0.1, -0.05) is 0 Å². The molecule has 15 heavy (non-hydrogen) atoms. The van der Waals surface area contributed by atoms with Gasteiger partial charge in [0.15, 0.2) is 0 Å². The molecule has 1 fully saturated rings. The van der Waals surface area contributed by atoms with Crippen molar-refractivity contribution in [2.45, 2.75) is 25.3 Å². The number of nitrogens with zero attached hydrogens (tertiary/aromatic N) is 2. The van der Waals surface area contributed by atoms with Gasteiger partial charge in [-0.05, 0) is 49.1 Å². The van der Waals surface area contributed by atoms with Crippen LogP contribution < -0.4 is 5.73 Å². The first-order chi connectivity index (χ1) is 7.10. The van der Waals surface area contributed by atoms with Crippen LogP contribution in [0, 0.1) is 6.92 Å². The lowest BCUT2D eigenvalue weighted by Gasteiger charge is -2.09. The Labute approximate surface area is 92.9 Å². The second kappa shape index (κ2) is 2.74. The summed E-state index contributed by atoms with van der Waals surface area (Å²) >= 11 is 5.98. The van der Waals surface area contributed by atoms with E-state index in [1.165, 1.54) is 5.56 Å². The number of aromatic nitrogens is 2. The molecule has 3 rings (SSSR count). The summed E-state index contributed by atoms with van der Waals surface area (Å²) in [6.07, 6.45) is 4.09. The highest BCUT2D eigenvalue weighted by molar-refractivity contribution is 6.28. The Morgan fingerprint density at radius 2 is 2.27 bits per heavy atom. The number of rotatable bonds is 1. The van der Waals surface area contributed by atoms with Crippen molar-refractivity contribution < 1.29 is 0 Å². The van der Waals surface area contributed by atoms with Crippen LogP contribution in [0.25, 0.3) is 5.52 Å². The summed E-state index contributed by atoms with van der Waals surface area (Å²) in [6.45, 7) is 1.96. The molecule has 1 aliphatic rings.